The summed E-state index contributed by atoms with van der Waals surface area (Å²) >= 11 is 0. The SMILES string of the molecule is Cc1ccc(OCC2CCC(C(=O)NN)O2)c([N+](=O)[O-])c1. The van der Waals surface area contributed by atoms with Crippen molar-refractivity contribution < 1.29 is 19.2 Å². The number of hydrogen-bond acceptors (Lipinski definition) is 6. The van der Waals surface area contributed by atoms with Crippen LogP contribution in [0.3, 0.4) is 0 Å². The normalized spacial score (nSPS) is 21.0. The predicted molar refractivity (Wildman–Crippen MR) is 73.6 cm³/mol. The molecule has 2 unspecified atom stereocenters. The Hall–Kier alpha value is -2.19. The van der Waals surface area contributed by atoms with E-state index in [0.29, 0.717) is 12.8 Å². The van der Waals surface area contributed by atoms with Gasteiger partial charge in [-0.1, -0.05) is 6.07 Å². The Morgan fingerprint density at radius 1 is 1.57 bits per heavy atom. The van der Waals surface area contributed by atoms with Crippen LogP contribution in [0.5, 0.6) is 5.75 Å². The second-order valence-corrected chi connectivity index (χ2v) is 4.87. The lowest BCUT2D eigenvalue weighted by atomic mass is 10.2. The molecule has 0 spiro atoms. The highest BCUT2D eigenvalue weighted by atomic mass is 16.6. The van der Waals surface area contributed by atoms with Crippen LogP contribution >= 0.6 is 0 Å². The first-order chi connectivity index (χ1) is 10.0. The number of nitrogens with zero attached hydrogens (tertiary/aromatic N) is 1. The van der Waals surface area contributed by atoms with Crippen LogP contribution < -0.4 is 16.0 Å². The molecule has 0 aromatic heterocycles. The van der Waals surface area contributed by atoms with Crippen molar-refractivity contribution >= 4 is 11.6 Å². The minimum atomic E-state index is -0.586. The summed E-state index contributed by atoms with van der Waals surface area (Å²) in [5, 5.41) is 11.0. The van der Waals surface area contributed by atoms with Gasteiger partial charge in [-0.15, -0.1) is 0 Å². The molecule has 1 fully saturated rings. The van der Waals surface area contributed by atoms with Crippen LogP contribution in [0.2, 0.25) is 0 Å². The highest BCUT2D eigenvalue weighted by molar-refractivity contribution is 5.80. The number of benzene rings is 1. The molecule has 2 rings (SSSR count). The maximum atomic E-state index is 11.3. The number of aryl methyl sites for hydroxylation is 1. The van der Waals surface area contributed by atoms with E-state index in [0.717, 1.165) is 5.56 Å². The Kier molecular flexibility index (Phi) is 4.71. The zero-order valence-corrected chi connectivity index (χ0v) is 11.6. The van der Waals surface area contributed by atoms with E-state index >= 15 is 0 Å². The van der Waals surface area contributed by atoms with Gasteiger partial charge in [0.2, 0.25) is 0 Å². The van der Waals surface area contributed by atoms with E-state index in [1.54, 1.807) is 19.1 Å². The smallest absolute Gasteiger partial charge is 0.311 e. The Labute approximate surface area is 121 Å². The molecule has 1 aromatic carbocycles. The molecule has 114 valence electrons. The lowest BCUT2D eigenvalue weighted by Gasteiger charge is -2.14. The molecule has 0 saturated carbocycles. The molecule has 0 radical (unpaired) electrons. The number of nitro benzene ring substituents is 1. The minimum absolute atomic E-state index is 0.0794. The van der Waals surface area contributed by atoms with Gasteiger partial charge in [0.25, 0.3) is 5.91 Å². The van der Waals surface area contributed by atoms with Crippen LogP contribution in [0.1, 0.15) is 18.4 Å². The zero-order valence-electron chi connectivity index (χ0n) is 11.6. The third-order valence-corrected chi connectivity index (χ3v) is 3.28. The average Bonchev–Trinajstić information content (AvgIpc) is 2.93. The van der Waals surface area contributed by atoms with Crippen molar-refractivity contribution in [2.75, 3.05) is 6.61 Å². The van der Waals surface area contributed by atoms with Gasteiger partial charge in [0.15, 0.2) is 5.75 Å². The number of hydrogen-bond donors (Lipinski definition) is 2. The summed E-state index contributed by atoms with van der Waals surface area (Å²) in [6.45, 7) is 1.92. The quantitative estimate of drug-likeness (QED) is 0.359. The minimum Gasteiger partial charge on any atom is -0.484 e. The van der Waals surface area contributed by atoms with Crippen molar-refractivity contribution in [2.45, 2.75) is 32.0 Å². The van der Waals surface area contributed by atoms with Crippen LogP contribution in [-0.4, -0.2) is 29.6 Å². The largest absolute Gasteiger partial charge is 0.484 e. The summed E-state index contributed by atoms with van der Waals surface area (Å²) in [7, 11) is 0. The van der Waals surface area contributed by atoms with Gasteiger partial charge >= 0.3 is 5.69 Å². The molecular formula is C13H17N3O5. The summed E-state index contributed by atoms with van der Waals surface area (Å²) in [5.41, 5.74) is 2.74. The van der Waals surface area contributed by atoms with Crippen LogP contribution in [-0.2, 0) is 9.53 Å². The van der Waals surface area contributed by atoms with Gasteiger partial charge < -0.3 is 9.47 Å². The summed E-state index contributed by atoms with van der Waals surface area (Å²) in [5.74, 6) is 4.86. The summed E-state index contributed by atoms with van der Waals surface area (Å²) < 4.78 is 10.9. The summed E-state index contributed by atoms with van der Waals surface area (Å²) in [4.78, 5) is 21.8. The molecule has 1 aliphatic heterocycles. The number of amides is 1. The molecule has 8 heteroatoms. The number of hydrazine groups is 1. The fraction of sp³-hybridized carbons (Fsp3) is 0.462. The van der Waals surface area contributed by atoms with Gasteiger partial charge in [0.05, 0.1) is 11.0 Å². The van der Waals surface area contributed by atoms with E-state index < -0.39 is 11.0 Å². The number of nitrogens with one attached hydrogen (secondary N) is 1. The van der Waals surface area contributed by atoms with E-state index in [-0.39, 0.29) is 30.1 Å². The van der Waals surface area contributed by atoms with Crippen molar-refractivity contribution in [3.05, 3.63) is 33.9 Å². The van der Waals surface area contributed by atoms with Gasteiger partial charge in [0, 0.05) is 6.07 Å². The summed E-state index contributed by atoms with van der Waals surface area (Å²) in [6.07, 6.45) is 0.315. The van der Waals surface area contributed by atoms with Gasteiger partial charge in [0.1, 0.15) is 12.7 Å². The first-order valence-electron chi connectivity index (χ1n) is 6.55. The number of carbonyl (C=O) groups excluding carboxylic acids is 1. The fourth-order valence-corrected chi connectivity index (χ4v) is 2.19. The standard InChI is InChI=1S/C13H17N3O5/c1-8-2-4-11(10(6-8)16(18)19)20-7-9-3-5-12(21-9)13(17)15-14/h2,4,6,9,12H,3,5,7,14H2,1H3,(H,15,17). The number of nitro groups is 1. The Bertz CT molecular complexity index is 549. The Morgan fingerprint density at radius 2 is 2.33 bits per heavy atom. The van der Waals surface area contributed by atoms with Gasteiger partial charge in [-0.25, -0.2) is 5.84 Å². The van der Waals surface area contributed by atoms with Gasteiger partial charge in [-0.05, 0) is 31.4 Å². The first-order valence-corrected chi connectivity index (χ1v) is 6.55. The second kappa shape index (κ2) is 6.51. The van der Waals surface area contributed by atoms with Crippen molar-refractivity contribution in [1.82, 2.24) is 5.43 Å². The van der Waals surface area contributed by atoms with Crippen molar-refractivity contribution in [1.29, 1.82) is 0 Å². The lowest BCUT2D eigenvalue weighted by Crippen LogP contribution is -2.39. The highest BCUT2D eigenvalue weighted by Gasteiger charge is 2.31. The number of carbonyl (C=O) groups is 1. The topological polar surface area (TPSA) is 117 Å². The van der Waals surface area contributed by atoms with E-state index in [4.69, 9.17) is 15.3 Å². The molecule has 1 heterocycles. The second-order valence-electron chi connectivity index (χ2n) is 4.87. The van der Waals surface area contributed by atoms with Crippen LogP contribution in [0.4, 0.5) is 5.69 Å². The van der Waals surface area contributed by atoms with Crippen LogP contribution in [0.15, 0.2) is 18.2 Å². The van der Waals surface area contributed by atoms with E-state index in [1.807, 2.05) is 5.43 Å². The molecular weight excluding hydrogens is 278 g/mol. The maximum absolute atomic E-state index is 11.3. The Morgan fingerprint density at radius 3 is 3.00 bits per heavy atom. The summed E-state index contributed by atoms with van der Waals surface area (Å²) in [6, 6.07) is 4.75. The molecule has 1 aromatic rings. The molecule has 3 N–H and O–H groups in total. The Balaban J connectivity index is 1.95. The van der Waals surface area contributed by atoms with Gasteiger partial charge in [-0.2, -0.15) is 0 Å². The van der Waals surface area contributed by atoms with Crippen molar-refractivity contribution in [3.8, 4) is 5.75 Å². The fourth-order valence-electron chi connectivity index (χ4n) is 2.19. The van der Waals surface area contributed by atoms with Crippen LogP contribution in [0, 0.1) is 17.0 Å². The third kappa shape index (κ3) is 3.67. The van der Waals surface area contributed by atoms with Crippen molar-refractivity contribution in [3.63, 3.8) is 0 Å². The molecule has 21 heavy (non-hydrogen) atoms. The molecule has 0 bridgehead atoms. The molecule has 8 nitrogen and oxygen atoms in total. The van der Waals surface area contributed by atoms with Gasteiger partial charge in [-0.3, -0.25) is 20.3 Å². The average molecular weight is 295 g/mol. The van der Waals surface area contributed by atoms with Crippen molar-refractivity contribution in [2.24, 2.45) is 5.84 Å². The van der Waals surface area contributed by atoms with Crippen LogP contribution in [0.25, 0.3) is 0 Å². The lowest BCUT2D eigenvalue weighted by molar-refractivity contribution is -0.386. The van der Waals surface area contributed by atoms with E-state index in [2.05, 4.69) is 0 Å². The molecule has 1 saturated heterocycles. The predicted octanol–water partition coefficient (Wildman–Crippen LogP) is 0.820. The maximum Gasteiger partial charge on any atom is 0.311 e. The number of rotatable bonds is 5. The highest BCUT2D eigenvalue weighted by Crippen LogP contribution is 2.29. The molecule has 1 amide bonds. The number of nitrogens with two attached hydrogens (primary N) is 1. The third-order valence-electron chi connectivity index (χ3n) is 3.28. The monoisotopic (exact) mass is 295 g/mol. The number of ether oxygens (including phenoxy) is 2. The molecule has 1 aliphatic rings. The van der Waals surface area contributed by atoms with E-state index in [1.165, 1.54) is 6.07 Å². The zero-order chi connectivity index (χ0) is 15.4. The first kappa shape index (κ1) is 15.2. The molecule has 0 aliphatic carbocycles. The van der Waals surface area contributed by atoms with E-state index in [9.17, 15) is 14.9 Å². The molecule has 2 atom stereocenters.